The third-order valence-electron chi connectivity index (χ3n) is 5.81. The van der Waals surface area contributed by atoms with Crippen LogP contribution in [0.3, 0.4) is 0 Å². The van der Waals surface area contributed by atoms with Crippen LogP contribution in [0.1, 0.15) is 43.9 Å². The summed E-state index contributed by atoms with van der Waals surface area (Å²) >= 11 is 0. The molecule has 0 saturated carbocycles. The quantitative estimate of drug-likeness (QED) is 0.567. The zero-order valence-corrected chi connectivity index (χ0v) is 16.2. The molecular weight excluding hydrogens is 328 g/mol. The third kappa shape index (κ3) is 3.32. The first-order valence-corrected chi connectivity index (χ1v) is 9.94. The largest absolute Gasteiger partial charge is 0.374 e. The summed E-state index contributed by atoms with van der Waals surface area (Å²) in [6, 6.07) is 30.7. The average Bonchev–Trinajstić information content (AvgIpc) is 2.72. The van der Waals surface area contributed by atoms with Gasteiger partial charge in [-0.05, 0) is 36.6 Å². The molecule has 0 amide bonds. The van der Waals surface area contributed by atoms with E-state index in [1.807, 2.05) is 0 Å². The summed E-state index contributed by atoms with van der Waals surface area (Å²) in [4.78, 5) is 2.62. The molecule has 1 aliphatic heterocycles. The zero-order valence-electron chi connectivity index (χ0n) is 16.2. The Morgan fingerprint density at radius 3 is 2.19 bits per heavy atom. The van der Waals surface area contributed by atoms with Crippen LogP contribution >= 0.6 is 0 Å². The Morgan fingerprint density at radius 1 is 0.852 bits per heavy atom. The number of anilines is 2. The van der Waals surface area contributed by atoms with Crippen molar-refractivity contribution in [2.75, 3.05) is 10.2 Å². The van der Waals surface area contributed by atoms with E-state index in [0.29, 0.717) is 0 Å². The number of benzene rings is 3. The predicted molar refractivity (Wildman–Crippen MR) is 115 cm³/mol. The Bertz CT molecular complexity index is 875. The SMILES string of the molecule is CCCC1(C)C(c2ccccc2)Nc2ccccc2N1Cc1ccccc1. The molecule has 2 heteroatoms. The van der Waals surface area contributed by atoms with E-state index in [1.165, 1.54) is 22.5 Å². The molecule has 0 radical (unpaired) electrons. The van der Waals surface area contributed by atoms with E-state index >= 15 is 0 Å². The molecule has 0 spiro atoms. The van der Waals surface area contributed by atoms with Gasteiger partial charge < -0.3 is 10.2 Å². The van der Waals surface area contributed by atoms with E-state index in [0.717, 1.165) is 19.4 Å². The summed E-state index contributed by atoms with van der Waals surface area (Å²) in [6.45, 7) is 5.62. The minimum atomic E-state index is -0.0136. The highest BCUT2D eigenvalue weighted by Gasteiger charge is 2.44. The number of fused-ring (bicyclic) bond motifs is 1. The lowest BCUT2D eigenvalue weighted by molar-refractivity contribution is 0.326. The Morgan fingerprint density at radius 2 is 1.48 bits per heavy atom. The topological polar surface area (TPSA) is 15.3 Å². The van der Waals surface area contributed by atoms with Gasteiger partial charge in [0.1, 0.15) is 0 Å². The monoisotopic (exact) mass is 356 g/mol. The lowest BCUT2D eigenvalue weighted by Crippen LogP contribution is -2.55. The standard InChI is InChI=1S/C25H28N2/c1-3-18-25(2)24(21-14-8-5-9-15-21)26-22-16-10-11-17-23(22)27(25)19-20-12-6-4-7-13-20/h4-17,24,26H,3,18-19H2,1-2H3. The van der Waals surface area contributed by atoms with Crippen molar-refractivity contribution in [3.63, 3.8) is 0 Å². The molecule has 2 unspecified atom stereocenters. The normalized spacial score (nSPS) is 21.4. The second kappa shape index (κ2) is 7.48. The van der Waals surface area contributed by atoms with Crippen LogP contribution < -0.4 is 10.2 Å². The molecular formula is C25H28N2. The van der Waals surface area contributed by atoms with Crippen LogP contribution in [0.2, 0.25) is 0 Å². The number of nitrogens with one attached hydrogen (secondary N) is 1. The third-order valence-corrected chi connectivity index (χ3v) is 5.81. The van der Waals surface area contributed by atoms with Crippen molar-refractivity contribution in [3.8, 4) is 0 Å². The minimum Gasteiger partial charge on any atom is -0.374 e. The van der Waals surface area contributed by atoms with Gasteiger partial charge >= 0.3 is 0 Å². The van der Waals surface area contributed by atoms with E-state index < -0.39 is 0 Å². The fourth-order valence-corrected chi connectivity index (χ4v) is 4.48. The Labute approximate surface area is 162 Å². The molecule has 0 fully saturated rings. The zero-order chi connectivity index (χ0) is 18.7. The van der Waals surface area contributed by atoms with Gasteiger partial charge in [-0.25, -0.2) is 0 Å². The van der Waals surface area contributed by atoms with Crippen LogP contribution in [0.25, 0.3) is 0 Å². The van der Waals surface area contributed by atoms with E-state index in [2.05, 4.69) is 109 Å². The van der Waals surface area contributed by atoms with E-state index in [-0.39, 0.29) is 11.6 Å². The van der Waals surface area contributed by atoms with Gasteiger partial charge in [0.05, 0.1) is 23.0 Å². The first kappa shape index (κ1) is 17.7. The summed E-state index contributed by atoms with van der Waals surface area (Å²) in [5.41, 5.74) is 5.20. The lowest BCUT2D eigenvalue weighted by Gasteiger charge is -2.53. The molecule has 4 rings (SSSR count). The summed E-state index contributed by atoms with van der Waals surface area (Å²) in [7, 11) is 0. The van der Waals surface area contributed by atoms with Crippen molar-refractivity contribution in [3.05, 3.63) is 96.1 Å². The maximum absolute atomic E-state index is 3.86. The summed E-state index contributed by atoms with van der Waals surface area (Å²) in [6.07, 6.45) is 2.27. The van der Waals surface area contributed by atoms with Crippen LogP contribution in [-0.4, -0.2) is 5.54 Å². The highest BCUT2D eigenvalue weighted by atomic mass is 15.3. The molecule has 1 heterocycles. The number of para-hydroxylation sites is 2. The second-order valence-corrected chi connectivity index (χ2v) is 7.68. The lowest BCUT2D eigenvalue weighted by atomic mass is 9.79. The molecule has 1 aliphatic rings. The molecule has 2 atom stereocenters. The number of hydrogen-bond acceptors (Lipinski definition) is 2. The molecule has 2 nitrogen and oxygen atoms in total. The molecule has 1 N–H and O–H groups in total. The van der Waals surface area contributed by atoms with Crippen LogP contribution in [0.5, 0.6) is 0 Å². The second-order valence-electron chi connectivity index (χ2n) is 7.68. The van der Waals surface area contributed by atoms with E-state index in [4.69, 9.17) is 0 Å². The molecule has 138 valence electrons. The highest BCUT2D eigenvalue weighted by molar-refractivity contribution is 5.75. The molecule has 0 aliphatic carbocycles. The van der Waals surface area contributed by atoms with E-state index in [9.17, 15) is 0 Å². The van der Waals surface area contributed by atoms with Gasteiger partial charge in [0.2, 0.25) is 0 Å². The van der Waals surface area contributed by atoms with Crippen LogP contribution in [0.4, 0.5) is 11.4 Å². The van der Waals surface area contributed by atoms with Gasteiger partial charge in [0.25, 0.3) is 0 Å². The van der Waals surface area contributed by atoms with Crippen molar-refractivity contribution in [1.82, 2.24) is 0 Å². The fourth-order valence-electron chi connectivity index (χ4n) is 4.48. The molecule has 0 bridgehead atoms. The van der Waals surface area contributed by atoms with Crippen molar-refractivity contribution >= 4 is 11.4 Å². The van der Waals surface area contributed by atoms with Gasteiger partial charge in [0, 0.05) is 6.54 Å². The first-order chi connectivity index (χ1) is 13.2. The highest BCUT2D eigenvalue weighted by Crippen LogP contribution is 2.48. The van der Waals surface area contributed by atoms with Gasteiger partial charge in [-0.15, -0.1) is 0 Å². The number of nitrogens with zero attached hydrogens (tertiary/aromatic N) is 1. The summed E-state index contributed by atoms with van der Waals surface area (Å²) < 4.78 is 0. The van der Waals surface area contributed by atoms with Gasteiger partial charge in [-0.1, -0.05) is 86.1 Å². The van der Waals surface area contributed by atoms with Crippen molar-refractivity contribution in [1.29, 1.82) is 0 Å². The van der Waals surface area contributed by atoms with Crippen molar-refractivity contribution in [2.45, 2.75) is 44.8 Å². The summed E-state index contributed by atoms with van der Waals surface area (Å²) in [5.74, 6) is 0. The van der Waals surface area contributed by atoms with Crippen LogP contribution in [-0.2, 0) is 6.54 Å². The van der Waals surface area contributed by atoms with Crippen molar-refractivity contribution < 1.29 is 0 Å². The van der Waals surface area contributed by atoms with E-state index in [1.54, 1.807) is 0 Å². The van der Waals surface area contributed by atoms with Crippen LogP contribution in [0.15, 0.2) is 84.9 Å². The predicted octanol–water partition coefficient (Wildman–Crippen LogP) is 6.42. The fraction of sp³-hybridized carbons (Fsp3) is 0.280. The summed E-state index contributed by atoms with van der Waals surface area (Å²) in [5, 5.41) is 3.86. The number of hydrogen-bond donors (Lipinski definition) is 1. The van der Waals surface area contributed by atoms with Crippen LogP contribution in [0, 0.1) is 0 Å². The Hall–Kier alpha value is -2.74. The molecule has 0 saturated heterocycles. The van der Waals surface area contributed by atoms with Gasteiger partial charge in [-0.2, -0.15) is 0 Å². The Balaban J connectivity index is 1.83. The Kier molecular flexibility index (Phi) is 4.89. The average molecular weight is 357 g/mol. The maximum Gasteiger partial charge on any atom is 0.0744 e. The minimum absolute atomic E-state index is 0.0136. The maximum atomic E-state index is 3.86. The molecule has 3 aromatic rings. The number of rotatable bonds is 5. The van der Waals surface area contributed by atoms with Gasteiger partial charge in [0.15, 0.2) is 0 Å². The molecule has 3 aromatic carbocycles. The van der Waals surface area contributed by atoms with Gasteiger partial charge in [-0.3, -0.25) is 0 Å². The molecule has 27 heavy (non-hydrogen) atoms. The first-order valence-electron chi connectivity index (χ1n) is 9.94. The van der Waals surface area contributed by atoms with Crippen molar-refractivity contribution in [2.24, 2.45) is 0 Å². The smallest absolute Gasteiger partial charge is 0.0744 e. The molecule has 0 aromatic heterocycles.